The van der Waals surface area contributed by atoms with Gasteiger partial charge in [-0.25, -0.2) is 4.98 Å². The fourth-order valence-electron chi connectivity index (χ4n) is 1.40. The summed E-state index contributed by atoms with van der Waals surface area (Å²) in [4.78, 5) is 7.85. The van der Waals surface area contributed by atoms with Gasteiger partial charge in [-0.3, -0.25) is 0 Å². The van der Waals surface area contributed by atoms with Gasteiger partial charge in [-0.2, -0.15) is 4.98 Å². The van der Waals surface area contributed by atoms with Crippen LogP contribution in [-0.2, 0) is 0 Å². The highest BCUT2D eigenvalue weighted by atomic mass is 35.5. The molecule has 1 atom stereocenters. The van der Waals surface area contributed by atoms with Crippen molar-refractivity contribution in [3.8, 4) is 0 Å². The summed E-state index contributed by atoms with van der Waals surface area (Å²) in [6.45, 7) is 5.78. The summed E-state index contributed by atoms with van der Waals surface area (Å²) in [7, 11) is 0. The minimum Gasteiger partial charge on any atom is -0.368 e. The molecule has 0 saturated carbocycles. The van der Waals surface area contributed by atoms with E-state index in [-0.39, 0.29) is 5.95 Å². The van der Waals surface area contributed by atoms with Crippen molar-refractivity contribution in [3.63, 3.8) is 0 Å². The number of aromatic nitrogens is 2. The topological polar surface area (TPSA) is 63.8 Å². The summed E-state index contributed by atoms with van der Waals surface area (Å²) < 4.78 is 0. The van der Waals surface area contributed by atoms with Crippen LogP contribution in [0.2, 0.25) is 5.15 Å². The normalized spacial score (nSPS) is 12.1. The second-order valence-electron chi connectivity index (χ2n) is 3.70. The van der Waals surface area contributed by atoms with Crippen molar-refractivity contribution in [1.82, 2.24) is 9.97 Å². The largest absolute Gasteiger partial charge is 0.368 e. The van der Waals surface area contributed by atoms with Gasteiger partial charge in [0.2, 0.25) is 5.95 Å². The van der Waals surface area contributed by atoms with E-state index >= 15 is 0 Å². The van der Waals surface area contributed by atoms with E-state index in [1.165, 1.54) is 0 Å². The van der Waals surface area contributed by atoms with E-state index in [1.54, 1.807) is 6.07 Å². The molecule has 3 N–H and O–H groups in total. The van der Waals surface area contributed by atoms with E-state index in [0.717, 1.165) is 19.3 Å². The van der Waals surface area contributed by atoms with Crippen LogP contribution >= 0.6 is 11.6 Å². The first-order valence-electron chi connectivity index (χ1n) is 5.29. The van der Waals surface area contributed by atoms with Gasteiger partial charge < -0.3 is 11.1 Å². The summed E-state index contributed by atoms with van der Waals surface area (Å²) >= 11 is 5.78. The molecular weight excluding hydrogens is 224 g/mol. The minimum atomic E-state index is 0.188. The van der Waals surface area contributed by atoms with Crippen molar-refractivity contribution in [1.29, 1.82) is 0 Å². The lowest BCUT2D eigenvalue weighted by atomic mass is 10.1. The number of nitrogens with one attached hydrogen (secondary N) is 1. The standard InChI is InChI=1S/C11H17ClN4/c1-3-4-5-6-8(2)14-10-7-9(12)15-11(13)16-10/h3,7-8H,1,4-6H2,2H3,(H3,13,14,15,16). The molecule has 1 rings (SSSR count). The first-order chi connectivity index (χ1) is 7.61. The van der Waals surface area contributed by atoms with E-state index in [0.29, 0.717) is 17.0 Å². The van der Waals surface area contributed by atoms with Crippen LogP contribution in [0, 0.1) is 0 Å². The number of allylic oxidation sites excluding steroid dienone is 1. The molecule has 0 saturated heterocycles. The Morgan fingerprint density at radius 2 is 2.38 bits per heavy atom. The fourth-order valence-corrected chi connectivity index (χ4v) is 1.59. The number of nitrogen functional groups attached to an aromatic ring is 1. The Morgan fingerprint density at radius 1 is 1.62 bits per heavy atom. The molecule has 0 spiro atoms. The second kappa shape index (κ2) is 6.33. The van der Waals surface area contributed by atoms with Gasteiger partial charge in [0.1, 0.15) is 11.0 Å². The van der Waals surface area contributed by atoms with Crippen LogP contribution in [-0.4, -0.2) is 16.0 Å². The molecule has 0 amide bonds. The maximum atomic E-state index is 5.78. The van der Waals surface area contributed by atoms with Crippen molar-refractivity contribution in [2.24, 2.45) is 0 Å². The molecule has 0 bridgehead atoms. The lowest BCUT2D eigenvalue weighted by Gasteiger charge is -2.14. The third-order valence-corrected chi connectivity index (χ3v) is 2.35. The van der Waals surface area contributed by atoms with Crippen molar-refractivity contribution >= 4 is 23.4 Å². The molecule has 0 aliphatic rings. The third-order valence-electron chi connectivity index (χ3n) is 2.15. The van der Waals surface area contributed by atoms with Gasteiger partial charge in [-0.15, -0.1) is 6.58 Å². The molecule has 88 valence electrons. The number of hydrogen-bond acceptors (Lipinski definition) is 4. The van der Waals surface area contributed by atoms with E-state index in [4.69, 9.17) is 17.3 Å². The Bertz CT molecular complexity index is 334. The zero-order chi connectivity index (χ0) is 12.0. The summed E-state index contributed by atoms with van der Waals surface area (Å²) in [6.07, 6.45) is 5.10. The number of hydrogen-bond donors (Lipinski definition) is 2. The third kappa shape index (κ3) is 4.49. The van der Waals surface area contributed by atoms with E-state index in [1.807, 2.05) is 6.08 Å². The number of unbranched alkanes of at least 4 members (excludes halogenated alkanes) is 1. The van der Waals surface area contributed by atoms with Crippen LogP contribution in [0.4, 0.5) is 11.8 Å². The molecule has 0 aliphatic heterocycles. The van der Waals surface area contributed by atoms with Gasteiger partial charge in [0.05, 0.1) is 0 Å². The fraction of sp³-hybridized carbons (Fsp3) is 0.455. The Hall–Kier alpha value is -1.29. The molecular formula is C11H17ClN4. The Balaban J connectivity index is 2.48. The summed E-state index contributed by atoms with van der Waals surface area (Å²) in [5, 5.41) is 3.59. The van der Waals surface area contributed by atoms with Crippen LogP contribution < -0.4 is 11.1 Å². The number of nitrogens with zero attached hydrogens (tertiary/aromatic N) is 2. The van der Waals surface area contributed by atoms with Crippen molar-refractivity contribution in [3.05, 3.63) is 23.9 Å². The van der Waals surface area contributed by atoms with Gasteiger partial charge in [0, 0.05) is 12.1 Å². The van der Waals surface area contributed by atoms with E-state index in [2.05, 4.69) is 28.8 Å². The molecule has 0 radical (unpaired) electrons. The van der Waals surface area contributed by atoms with Crippen LogP contribution in [0.25, 0.3) is 0 Å². The Kier molecular flexibility index (Phi) is 5.05. The molecule has 0 aliphatic carbocycles. The lowest BCUT2D eigenvalue weighted by Crippen LogP contribution is -2.16. The van der Waals surface area contributed by atoms with Gasteiger partial charge in [0.25, 0.3) is 0 Å². The maximum Gasteiger partial charge on any atom is 0.223 e. The van der Waals surface area contributed by atoms with Crippen LogP contribution in [0.15, 0.2) is 18.7 Å². The highest BCUT2D eigenvalue weighted by Gasteiger charge is 2.04. The van der Waals surface area contributed by atoms with Crippen LogP contribution in [0.1, 0.15) is 26.2 Å². The van der Waals surface area contributed by atoms with Gasteiger partial charge in [0.15, 0.2) is 0 Å². The molecule has 1 aromatic rings. The predicted molar refractivity (Wildman–Crippen MR) is 68.6 cm³/mol. The van der Waals surface area contributed by atoms with Crippen molar-refractivity contribution < 1.29 is 0 Å². The second-order valence-corrected chi connectivity index (χ2v) is 4.09. The van der Waals surface area contributed by atoms with Gasteiger partial charge in [-0.1, -0.05) is 17.7 Å². The number of nitrogens with two attached hydrogens (primary N) is 1. The summed E-state index contributed by atoms with van der Waals surface area (Å²) in [6, 6.07) is 1.99. The molecule has 0 fully saturated rings. The van der Waals surface area contributed by atoms with Crippen LogP contribution in [0.3, 0.4) is 0 Å². The van der Waals surface area contributed by atoms with Crippen LogP contribution in [0.5, 0.6) is 0 Å². The quantitative estimate of drug-likeness (QED) is 0.456. The monoisotopic (exact) mass is 240 g/mol. The van der Waals surface area contributed by atoms with E-state index < -0.39 is 0 Å². The first kappa shape index (κ1) is 12.8. The molecule has 1 aromatic heterocycles. The number of rotatable bonds is 6. The van der Waals surface area contributed by atoms with Crippen molar-refractivity contribution in [2.45, 2.75) is 32.2 Å². The van der Waals surface area contributed by atoms with Crippen molar-refractivity contribution in [2.75, 3.05) is 11.1 Å². The SMILES string of the molecule is C=CCCCC(C)Nc1cc(Cl)nc(N)n1. The molecule has 0 aromatic carbocycles. The maximum absolute atomic E-state index is 5.78. The average molecular weight is 241 g/mol. The smallest absolute Gasteiger partial charge is 0.223 e. The Labute approximate surface area is 101 Å². The first-order valence-corrected chi connectivity index (χ1v) is 5.67. The summed E-state index contributed by atoms with van der Waals surface area (Å²) in [5.74, 6) is 0.858. The molecule has 4 nitrogen and oxygen atoms in total. The Morgan fingerprint density at radius 3 is 3.00 bits per heavy atom. The lowest BCUT2D eigenvalue weighted by molar-refractivity contribution is 0.661. The average Bonchev–Trinajstić information content (AvgIpc) is 2.16. The molecule has 1 heterocycles. The molecule has 1 unspecified atom stereocenters. The number of halogens is 1. The van der Waals surface area contributed by atoms with E-state index in [9.17, 15) is 0 Å². The highest BCUT2D eigenvalue weighted by Crippen LogP contribution is 2.14. The minimum absolute atomic E-state index is 0.188. The zero-order valence-corrected chi connectivity index (χ0v) is 10.2. The molecule has 5 heteroatoms. The zero-order valence-electron chi connectivity index (χ0n) is 9.41. The summed E-state index contributed by atoms with van der Waals surface area (Å²) in [5.41, 5.74) is 5.50. The van der Waals surface area contributed by atoms with Gasteiger partial charge in [-0.05, 0) is 26.2 Å². The molecule has 16 heavy (non-hydrogen) atoms. The highest BCUT2D eigenvalue weighted by molar-refractivity contribution is 6.29. The van der Waals surface area contributed by atoms with Gasteiger partial charge >= 0.3 is 0 Å². The number of anilines is 2. The predicted octanol–water partition coefficient (Wildman–Crippen LogP) is 2.87.